The molecular formula is C14H23NO. The van der Waals surface area contributed by atoms with Gasteiger partial charge in [0.05, 0.1) is 6.10 Å². The topological polar surface area (TPSA) is 46.2 Å². The SMILES string of the molecule is CC(C)Cc1ccc(C(O)CC(C)N)cc1. The molecule has 0 bridgehead atoms. The van der Waals surface area contributed by atoms with Crippen molar-refractivity contribution in [3.05, 3.63) is 35.4 Å². The van der Waals surface area contributed by atoms with Gasteiger partial charge >= 0.3 is 0 Å². The van der Waals surface area contributed by atoms with Gasteiger partial charge in [0.1, 0.15) is 0 Å². The molecule has 0 radical (unpaired) electrons. The summed E-state index contributed by atoms with van der Waals surface area (Å²) in [4.78, 5) is 0. The third kappa shape index (κ3) is 4.33. The fraction of sp³-hybridized carbons (Fsp3) is 0.571. The Morgan fingerprint density at radius 1 is 1.12 bits per heavy atom. The smallest absolute Gasteiger partial charge is 0.0804 e. The van der Waals surface area contributed by atoms with Crippen LogP contribution in [0.1, 0.15) is 44.4 Å². The summed E-state index contributed by atoms with van der Waals surface area (Å²) in [5.41, 5.74) is 7.95. The number of benzene rings is 1. The highest BCUT2D eigenvalue weighted by Crippen LogP contribution is 2.19. The quantitative estimate of drug-likeness (QED) is 0.803. The number of hydrogen-bond acceptors (Lipinski definition) is 2. The van der Waals surface area contributed by atoms with Crippen LogP contribution in [0.5, 0.6) is 0 Å². The minimum Gasteiger partial charge on any atom is -0.388 e. The zero-order valence-electron chi connectivity index (χ0n) is 10.5. The zero-order valence-corrected chi connectivity index (χ0v) is 10.5. The number of aliphatic hydroxyl groups is 1. The number of aliphatic hydroxyl groups excluding tert-OH is 1. The molecule has 0 spiro atoms. The summed E-state index contributed by atoms with van der Waals surface area (Å²) in [5.74, 6) is 0.667. The molecule has 0 aromatic heterocycles. The third-order valence-corrected chi connectivity index (χ3v) is 2.60. The third-order valence-electron chi connectivity index (χ3n) is 2.60. The van der Waals surface area contributed by atoms with E-state index >= 15 is 0 Å². The van der Waals surface area contributed by atoms with Gasteiger partial charge in [-0.1, -0.05) is 38.1 Å². The Kier molecular flexibility index (Phi) is 4.97. The van der Waals surface area contributed by atoms with Crippen LogP contribution in [-0.4, -0.2) is 11.1 Å². The first-order chi connectivity index (χ1) is 7.49. The van der Waals surface area contributed by atoms with E-state index in [-0.39, 0.29) is 6.04 Å². The van der Waals surface area contributed by atoms with Crippen LogP contribution >= 0.6 is 0 Å². The van der Waals surface area contributed by atoms with Crippen molar-refractivity contribution in [2.75, 3.05) is 0 Å². The van der Waals surface area contributed by atoms with Gasteiger partial charge in [0.25, 0.3) is 0 Å². The Hall–Kier alpha value is -0.860. The van der Waals surface area contributed by atoms with Gasteiger partial charge in [-0.3, -0.25) is 0 Å². The lowest BCUT2D eigenvalue weighted by molar-refractivity contribution is 0.160. The molecule has 1 aromatic carbocycles. The fourth-order valence-electron chi connectivity index (χ4n) is 1.84. The summed E-state index contributed by atoms with van der Waals surface area (Å²) in [6.07, 6.45) is 1.26. The largest absolute Gasteiger partial charge is 0.388 e. The molecule has 2 unspecified atom stereocenters. The molecule has 2 heteroatoms. The minimum absolute atomic E-state index is 0.0327. The fourth-order valence-corrected chi connectivity index (χ4v) is 1.84. The van der Waals surface area contributed by atoms with Crippen LogP contribution in [0.2, 0.25) is 0 Å². The van der Waals surface area contributed by atoms with E-state index in [0.29, 0.717) is 12.3 Å². The summed E-state index contributed by atoms with van der Waals surface area (Å²) in [5, 5.41) is 9.88. The van der Waals surface area contributed by atoms with Crippen molar-refractivity contribution < 1.29 is 5.11 Å². The molecule has 0 heterocycles. The summed E-state index contributed by atoms with van der Waals surface area (Å²) >= 11 is 0. The number of rotatable bonds is 5. The first-order valence-electron chi connectivity index (χ1n) is 6.01. The van der Waals surface area contributed by atoms with Crippen molar-refractivity contribution in [3.8, 4) is 0 Å². The van der Waals surface area contributed by atoms with E-state index in [2.05, 4.69) is 26.0 Å². The average molecular weight is 221 g/mol. The van der Waals surface area contributed by atoms with Gasteiger partial charge in [-0.05, 0) is 36.8 Å². The highest BCUT2D eigenvalue weighted by molar-refractivity contribution is 5.24. The van der Waals surface area contributed by atoms with Crippen molar-refractivity contribution >= 4 is 0 Å². The molecule has 3 N–H and O–H groups in total. The van der Waals surface area contributed by atoms with Gasteiger partial charge in [-0.2, -0.15) is 0 Å². The number of hydrogen-bond donors (Lipinski definition) is 2. The molecule has 90 valence electrons. The molecule has 0 aliphatic heterocycles. The summed E-state index contributed by atoms with van der Waals surface area (Å²) in [7, 11) is 0. The van der Waals surface area contributed by atoms with Crippen LogP contribution in [0, 0.1) is 5.92 Å². The standard InChI is InChI=1S/C14H23NO/c1-10(2)8-12-4-6-13(7-5-12)14(16)9-11(3)15/h4-7,10-11,14,16H,8-9,15H2,1-3H3. The average Bonchev–Trinajstić information content (AvgIpc) is 2.16. The molecule has 2 nitrogen and oxygen atoms in total. The second kappa shape index (κ2) is 6.02. The van der Waals surface area contributed by atoms with Crippen molar-refractivity contribution in [2.45, 2.75) is 45.8 Å². The van der Waals surface area contributed by atoms with Crippen molar-refractivity contribution in [1.82, 2.24) is 0 Å². The van der Waals surface area contributed by atoms with Gasteiger partial charge < -0.3 is 10.8 Å². The molecule has 0 fully saturated rings. The van der Waals surface area contributed by atoms with E-state index in [4.69, 9.17) is 5.73 Å². The van der Waals surface area contributed by atoms with Crippen molar-refractivity contribution in [2.24, 2.45) is 11.7 Å². The van der Waals surface area contributed by atoms with Crippen LogP contribution in [0.3, 0.4) is 0 Å². The molecule has 0 aliphatic rings. The Morgan fingerprint density at radius 3 is 2.12 bits per heavy atom. The molecule has 0 saturated carbocycles. The van der Waals surface area contributed by atoms with Crippen LogP contribution < -0.4 is 5.73 Å². The molecular weight excluding hydrogens is 198 g/mol. The van der Waals surface area contributed by atoms with Crippen molar-refractivity contribution in [3.63, 3.8) is 0 Å². The Morgan fingerprint density at radius 2 is 1.69 bits per heavy atom. The van der Waals surface area contributed by atoms with Crippen LogP contribution in [0.4, 0.5) is 0 Å². The number of nitrogens with two attached hydrogens (primary N) is 1. The molecule has 0 amide bonds. The normalized spacial score (nSPS) is 15.1. The van der Waals surface area contributed by atoms with Crippen LogP contribution in [0.25, 0.3) is 0 Å². The molecule has 0 saturated heterocycles. The maximum atomic E-state index is 9.88. The molecule has 1 rings (SSSR count). The highest BCUT2D eigenvalue weighted by Gasteiger charge is 2.09. The lowest BCUT2D eigenvalue weighted by atomic mass is 9.98. The minimum atomic E-state index is -0.437. The zero-order chi connectivity index (χ0) is 12.1. The molecule has 0 aliphatic carbocycles. The van der Waals surface area contributed by atoms with Crippen LogP contribution in [-0.2, 0) is 6.42 Å². The highest BCUT2D eigenvalue weighted by atomic mass is 16.3. The second-order valence-electron chi connectivity index (χ2n) is 5.07. The Balaban J connectivity index is 2.63. The van der Waals surface area contributed by atoms with E-state index < -0.39 is 6.10 Å². The predicted octanol–water partition coefficient (Wildman–Crippen LogP) is 2.66. The predicted molar refractivity (Wildman–Crippen MR) is 68.2 cm³/mol. The van der Waals surface area contributed by atoms with E-state index in [0.717, 1.165) is 12.0 Å². The van der Waals surface area contributed by atoms with E-state index in [1.165, 1.54) is 5.56 Å². The monoisotopic (exact) mass is 221 g/mol. The van der Waals surface area contributed by atoms with E-state index in [1.54, 1.807) is 0 Å². The molecule has 16 heavy (non-hydrogen) atoms. The molecule has 1 aromatic rings. The maximum Gasteiger partial charge on any atom is 0.0804 e. The summed E-state index contributed by atoms with van der Waals surface area (Å²) in [6.45, 7) is 6.33. The lowest BCUT2D eigenvalue weighted by Crippen LogP contribution is -2.18. The van der Waals surface area contributed by atoms with E-state index in [9.17, 15) is 5.11 Å². The molecule has 2 atom stereocenters. The van der Waals surface area contributed by atoms with Gasteiger partial charge in [0.15, 0.2) is 0 Å². The first kappa shape index (κ1) is 13.2. The van der Waals surface area contributed by atoms with Crippen LogP contribution in [0.15, 0.2) is 24.3 Å². The lowest BCUT2D eigenvalue weighted by Gasteiger charge is -2.14. The summed E-state index contributed by atoms with van der Waals surface area (Å²) < 4.78 is 0. The first-order valence-corrected chi connectivity index (χ1v) is 6.01. The second-order valence-corrected chi connectivity index (χ2v) is 5.07. The van der Waals surface area contributed by atoms with Gasteiger partial charge in [-0.15, -0.1) is 0 Å². The Bertz CT molecular complexity index is 303. The van der Waals surface area contributed by atoms with Gasteiger partial charge in [-0.25, -0.2) is 0 Å². The van der Waals surface area contributed by atoms with Gasteiger partial charge in [0, 0.05) is 6.04 Å². The van der Waals surface area contributed by atoms with Gasteiger partial charge in [0.2, 0.25) is 0 Å². The Labute approximate surface area is 98.5 Å². The maximum absolute atomic E-state index is 9.88. The van der Waals surface area contributed by atoms with Crippen molar-refractivity contribution in [1.29, 1.82) is 0 Å². The summed E-state index contributed by atoms with van der Waals surface area (Å²) in [6, 6.07) is 8.24. The van der Waals surface area contributed by atoms with E-state index in [1.807, 2.05) is 19.1 Å².